The molecule has 2 aromatic rings. The van der Waals surface area contributed by atoms with E-state index in [2.05, 4.69) is 15.6 Å². The highest BCUT2D eigenvalue weighted by atomic mass is 32.1. The number of nitrogens with zero attached hydrogens (tertiary/aromatic N) is 1. The Balaban J connectivity index is 1.60. The van der Waals surface area contributed by atoms with Crippen molar-refractivity contribution in [3.8, 4) is 0 Å². The van der Waals surface area contributed by atoms with Gasteiger partial charge in [-0.2, -0.15) is 0 Å². The molecule has 1 fully saturated rings. The van der Waals surface area contributed by atoms with Gasteiger partial charge in [0, 0.05) is 18.5 Å². The van der Waals surface area contributed by atoms with Gasteiger partial charge in [-0.05, 0) is 31.4 Å². The van der Waals surface area contributed by atoms with Crippen LogP contribution in [-0.2, 0) is 22.4 Å². The summed E-state index contributed by atoms with van der Waals surface area (Å²) in [7, 11) is 0. The van der Waals surface area contributed by atoms with E-state index in [9.17, 15) is 9.59 Å². The first kappa shape index (κ1) is 18.5. The first-order valence-electron chi connectivity index (χ1n) is 8.87. The number of hydrogen-bond donors (Lipinski definition) is 2. The molecule has 7 heteroatoms. The molecule has 2 amide bonds. The molecule has 1 saturated heterocycles. The van der Waals surface area contributed by atoms with Crippen molar-refractivity contribution in [2.75, 3.05) is 18.5 Å². The van der Waals surface area contributed by atoms with Gasteiger partial charge in [0.25, 0.3) is 5.91 Å². The summed E-state index contributed by atoms with van der Waals surface area (Å²) in [6.07, 6.45) is 3.14. The second-order valence-corrected chi connectivity index (χ2v) is 7.14. The molecule has 1 aliphatic heterocycles. The van der Waals surface area contributed by atoms with E-state index in [0.717, 1.165) is 36.6 Å². The van der Waals surface area contributed by atoms with Gasteiger partial charge in [0.2, 0.25) is 5.91 Å². The molecule has 0 spiro atoms. The monoisotopic (exact) mass is 373 g/mol. The summed E-state index contributed by atoms with van der Waals surface area (Å²) in [4.78, 5) is 29.2. The number of rotatable bonds is 7. The van der Waals surface area contributed by atoms with Gasteiger partial charge in [-0.3, -0.25) is 9.59 Å². The number of hydrogen-bond acceptors (Lipinski definition) is 5. The van der Waals surface area contributed by atoms with Crippen LogP contribution in [0.1, 0.15) is 40.8 Å². The number of carbonyl (C=O) groups is 2. The van der Waals surface area contributed by atoms with Crippen LogP contribution >= 0.6 is 11.3 Å². The van der Waals surface area contributed by atoms with E-state index in [4.69, 9.17) is 4.74 Å². The zero-order chi connectivity index (χ0) is 18.4. The molecule has 6 nitrogen and oxygen atoms in total. The first-order chi connectivity index (χ1) is 12.7. The van der Waals surface area contributed by atoms with Crippen LogP contribution in [0.25, 0.3) is 0 Å². The van der Waals surface area contributed by atoms with Crippen LogP contribution in [0.4, 0.5) is 5.69 Å². The summed E-state index contributed by atoms with van der Waals surface area (Å²) >= 11 is 1.56. The highest BCUT2D eigenvalue weighted by Gasteiger charge is 2.18. The van der Waals surface area contributed by atoms with E-state index >= 15 is 0 Å². The molecule has 0 aliphatic carbocycles. The maximum atomic E-state index is 12.5. The number of nitrogens with one attached hydrogen (secondary N) is 2. The Kier molecular flexibility index (Phi) is 6.35. The Hall–Kier alpha value is -2.25. The number of thiazole rings is 1. The summed E-state index contributed by atoms with van der Waals surface area (Å²) in [5, 5.41) is 8.63. The third kappa shape index (κ3) is 4.89. The highest BCUT2D eigenvalue weighted by molar-refractivity contribution is 7.09. The van der Waals surface area contributed by atoms with Gasteiger partial charge in [-0.15, -0.1) is 11.3 Å². The summed E-state index contributed by atoms with van der Waals surface area (Å²) in [5.74, 6) is -0.393. The van der Waals surface area contributed by atoms with Crippen molar-refractivity contribution >= 4 is 28.8 Å². The Bertz CT molecular complexity index is 769. The molecule has 1 aromatic carbocycles. The maximum Gasteiger partial charge on any atom is 0.253 e. The predicted molar refractivity (Wildman–Crippen MR) is 102 cm³/mol. The van der Waals surface area contributed by atoms with Crippen LogP contribution in [0.15, 0.2) is 29.6 Å². The SMILES string of the molecule is CCc1nc(CC(=O)Nc2ccccc2C(=O)NC[C@@H]2CCCO2)cs1. The lowest BCUT2D eigenvalue weighted by Crippen LogP contribution is -2.32. The molecule has 0 bridgehead atoms. The zero-order valence-corrected chi connectivity index (χ0v) is 15.6. The number of anilines is 1. The van der Waals surface area contributed by atoms with Gasteiger partial charge in [-0.25, -0.2) is 4.98 Å². The van der Waals surface area contributed by atoms with Crippen LogP contribution < -0.4 is 10.6 Å². The van der Waals surface area contributed by atoms with Gasteiger partial charge in [0.1, 0.15) is 0 Å². The Labute approximate surface area is 157 Å². The van der Waals surface area contributed by atoms with E-state index in [1.54, 1.807) is 35.6 Å². The number of carbonyl (C=O) groups excluding carboxylic acids is 2. The van der Waals surface area contributed by atoms with E-state index in [0.29, 0.717) is 17.8 Å². The average molecular weight is 373 g/mol. The van der Waals surface area contributed by atoms with Crippen molar-refractivity contribution in [3.63, 3.8) is 0 Å². The highest BCUT2D eigenvalue weighted by Crippen LogP contribution is 2.17. The van der Waals surface area contributed by atoms with E-state index in [1.807, 2.05) is 12.3 Å². The topological polar surface area (TPSA) is 80.3 Å². The summed E-state index contributed by atoms with van der Waals surface area (Å²) in [6.45, 7) is 3.28. The van der Waals surface area contributed by atoms with Gasteiger partial charge in [0.15, 0.2) is 0 Å². The normalized spacial score (nSPS) is 16.4. The largest absolute Gasteiger partial charge is 0.376 e. The minimum atomic E-state index is -0.210. The van der Waals surface area contributed by atoms with Crippen LogP contribution in [0.5, 0.6) is 0 Å². The molecule has 1 aromatic heterocycles. The molecule has 2 heterocycles. The van der Waals surface area contributed by atoms with Crippen molar-refractivity contribution in [2.24, 2.45) is 0 Å². The van der Waals surface area contributed by atoms with E-state index in [1.165, 1.54) is 0 Å². The van der Waals surface area contributed by atoms with Crippen LogP contribution in [0, 0.1) is 0 Å². The molecule has 1 atom stereocenters. The standard InChI is InChI=1S/C19H23N3O3S/c1-2-18-21-13(12-26-18)10-17(23)22-16-8-4-3-7-15(16)19(24)20-11-14-6-5-9-25-14/h3-4,7-8,12,14H,2,5-6,9-11H2,1H3,(H,20,24)(H,22,23)/t14-/m0/s1. The third-order valence-electron chi connectivity index (χ3n) is 4.20. The molecular formula is C19H23N3O3S. The minimum absolute atomic E-state index is 0.0816. The second kappa shape index (κ2) is 8.91. The third-order valence-corrected chi connectivity index (χ3v) is 5.25. The quantitative estimate of drug-likeness (QED) is 0.782. The molecule has 26 heavy (non-hydrogen) atoms. The van der Waals surface area contributed by atoms with Crippen molar-refractivity contribution < 1.29 is 14.3 Å². The van der Waals surface area contributed by atoms with Crippen LogP contribution in [0.3, 0.4) is 0 Å². The average Bonchev–Trinajstić information content (AvgIpc) is 3.31. The smallest absolute Gasteiger partial charge is 0.253 e. The molecule has 0 unspecified atom stereocenters. The number of aromatic nitrogens is 1. The molecule has 0 radical (unpaired) electrons. The van der Waals surface area contributed by atoms with Gasteiger partial charge in [0.05, 0.1) is 34.5 Å². The summed E-state index contributed by atoms with van der Waals surface area (Å²) < 4.78 is 5.52. The minimum Gasteiger partial charge on any atom is -0.376 e. The zero-order valence-electron chi connectivity index (χ0n) is 14.8. The van der Waals surface area contributed by atoms with Crippen molar-refractivity contribution in [1.82, 2.24) is 10.3 Å². The van der Waals surface area contributed by atoms with Crippen LogP contribution in [0.2, 0.25) is 0 Å². The molecule has 3 rings (SSSR count). The lowest BCUT2D eigenvalue weighted by molar-refractivity contribution is -0.115. The number of ether oxygens (including phenoxy) is 1. The van der Waals surface area contributed by atoms with Crippen molar-refractivity contribution in [3.05, 3.63) is 45.9 Å². The van der Waals surface area contributed by atoms with Gasteiger partial charge in [-0.1, -0.05) is 19.1 Å². The molecular weight excluding hydrogens is 350 g/mol. The fraction of sp³-hybridized carbons (Fsp3) is 0.421. The molecule has 138 valence electrons. The maximum absolute atomic E-state index is 12.5. The fourth-order valence-electron chi connectivity index (χ4n) is 2.85. The van der Waals surface area contributed by atoms with Gasteiger partial charge < -0.3 is 15.4 Å². The van der Waals surface area contributed by atoms with Crippen molar-refractivity contribution in [1.29, 1.82) is 0 Å². The summed E-state index contributed by atoms with van der Waals surface area (Å²) in [6, 6.07) is 7.02. The predicted octanol–water partition coefficient (Wildman–Crippen LogP) is 2.80. The Morgan fingerprint density at radius 1 is 1.35 bits per heavy atom. The Morgan fingerprint density at radius 3 is 2.92 bits per heavy atom. The number of para-hydroxylation sites is 1. The van der Waals surface area contributed by atoms with Gasteiger partial charge >= 0.3 is 0 Å². The first-order valence-corrected chi connectivity index (χ1v) is 9.75. The molecule has 1 aliphatic rings. The van der Waals surface area contributed by atoms with E-state index in [-0.39, 0.29) is 24.3 Å². The second-order valence-electron chi connectivity index (χ2n) is 6.20. The molecule has 0 saturated carbocycles. The number of amides is 2. The lowest BCUT2D eigenvalue weighted by Gasteiger charge is -2.13. The lowest BCUT2D eigenvalue weighted by atomic mass is 10.1. The summed E-state index contributed by atoms with van der Waals surface area (Å²) in [5.41, 5.74) is 1.71. The van der Waals surface area contributed by atoms with Crippen molar-refractivity contribution in [2.45, 2.75) is 38.7 Å². The fourth-order valence-corrected chi connectivity index (χ4v) is 3.59. The number of benzene rings is 1. The van der Waals surface area contributed by atoms with Crippen LogP contribution in [-0.4, -0.2) is 36.1 Å². The number of aryl methyl sites for hydroxylation is 1. The molecule has 2 N–H and O–H groups in total. The Morgan fingerprint density at radius 2 is 2.19 bits per heavy atom. The van der Waals surface area contributed by atoms with E-state index < -0.39 is 0 Å².